The van der Waals surface area contributed by atoms with Crippen molar-refractivity contribution in [3.63, 3.8) is 0 Å². The Kier molecular flexibility index (Phi) is 32.5. The number of ether oxygens (including phenoxy) is 1. The van der Waals surface area contributed by atoms with E-state index in [1.165, 1.54) is 105 Å². The Labute approximate surface area is 834 Å². The second-order valence-electron chi connectivity index (χ2n) is 32.0. The number of aliphatic carboxylic acids is 2. The number of phenols is 5. The molecule has 0 spiro atoms. The first-order valence-electron chi connectivity index (χ1n) is 44.0. The number of hydrogen-bond acceptors (Lipinski definition) is 30. The molecule has 1 unspecified atom stereocenters. The lowest BCUT2D eigenvalue weighted by atomic mass is 9.91. The highest BCUT2D eigenvalue weighted by Crippen LogP contribution is 2.48. The summed E-state index contributed by atoms with van der Waals surface area (Å²) in [4.78, 5) is 143. The number of phenolic OH excluding ortho intramolecular Hbond substituents is 5. The number of nitrogens with zero attached hydrogens (tertiary/aromatic N) is 2. The van der Waals surface area contributed by atoms with Crippen molar-refractivity contribution in [2.24, 2.45) is 10.2 Å². The van der Waals surface area contributed by atoms with Gasteiger partial charge in [0, 0.05) is 90.8 Å². The van der Waals surface area contributed by atoms with Crippen LogP contribution in [0.4, 0.5) is 11.4 Å². The Balaban J connectivity index is 0.000000138. The monoisotopic (exact) mass is 2030 g/mol. The number of fused-ring (bicyclic) bond motifs is 12. The second kappa shape index (κ2) is 46.4. The van der Waals surface area contributed by atoms with Crippen LogP contribution in [0.1, 0.15) is 64.5 Å². The standard InChI is InChI=1S/C28H16O5.C22H17N2O4P.3C11H8O5.C10H6O5.C9H6O3.C9H10O3/c29-17-7-11-19-15(13-17)5-9-23-25(21-3-1-2-4-22(21)28(31)32)24-10-6-16-14-18(30)8-12-20(16)27(24)33-26(19)23;25-29(26,28-22-12-6-8-17-7-4-5-11-21(17)22)27-20-15-13-19(14-16-20)24-23-18-9-2-1-3-10-18;1-15-7-3-2-6-4-8(10(12)13)11(14)16-9(6)5-7;1-5-7-3-2-6(12)4-8(7)16-11(15)9(5)10(13)14;12-7-1-2-8-6(3-10(13)14)4-11(15)16-9(8)5-7;11-6-2-1-5-3-7(9(12)13)10(14)15-8(5)4-6;10-7-5-9(11)12-8-4-2-1-3-6(7)8;10-8-4-1-7(2-5-8)3-6-9(11)12/h1-14,29H,(H,31,32);1-16H,(H,25,26);2-5H,1H3,(H,12,13);2-4,12H,1H3,(H,13,14);1-2,4-5,12H,3H2,(H,13,14);1-4,11H,(H,12,13);1-5,10H;1-2,4-5,10H,3,6H2,(H,11,12). The number of phosphoric acid groups is 1. The van der Waals surface area contributed by atoms with Gasteiger partial charge in [-0.15, -0.1) is 0 Å². The molecule has 13 N–H and O–H groups in total. The Morgan fingerprint density at radius 2 is 0.819 bits per heavy atom. The Morgan fingerprint density at radius 3 is 1.43 bits per heavy atom. The summed E-state index contributed by atoms with van der Waals surface area (Å²) in [5, 5.41) is 126. The van der Waals surface area contributed by atoms with E-state index in [4.69, 9.17) is 76.0 Å². The van der Waals surface area contributed by atoms with Crippen LogP contribution in [0.5, 0.6) is 51.7 Å². The minimum atomic E-state index is -4.37. The molecule has 6 aromatic heterocycles. The fourth-order valence-electron chi connectivity index (χ4n) is 15.1. The number of aromatic carboxylic acids is 4. The fourth-order valence-corrected chi connectivity index (χ4v) is 15.9. The molecule has 0 saturated carbocycles. The zero-order valence-electron chi connectivity index (χ0n) is 77.4. The number of carboxylic acids is 6. The number of aryl methyl sites for hydroxylation is 2. The van der Waals surface area contributed by atoms with Crippen molar-refractivity contribution >= 4 is 164 Å². The fraction of sp³-hybridized carbons (Fsp3) is 0.0450. The van der Waals surface area contributed by atoms with Crippen LogP contribution >= 0.6 is 7.82 Å². The number of aromatic hydroxyl groups is 6. The number of methoxy groups -OCH3 is 1. The summed E-state index contributed by atoms with van der Waals surface area (Å²) in [6.07, 6.45) is 0.382. The molecule has 748 valence electrons. The van der Waals surface area contributed by atoms with Crippen LogP contribution in [0, 0.1) is 6.92 Å². The van der Waals surface area contributed by atoms with E-state index in [0.29, 0.717) is 83.8 Å². The third-order valence-corrected chi connectivity index (χ3v) is 22.8. The summed E-state index contributed by atoms with van der Waals surface area (Å²) in [5.74, 6) is -5.61. The maximum Gasteiger partial charge on any atom is 0.584 e. The first-order valence-corrected chi connectivity index (χ1v) is 45.5. The van der Waals surface area contributed by atoms with E-state index in [1.807, 2.05) is 91.0 Å². The molecular formula is C111H79N2O35P. The zero-order valence-corrected chi connectivity index (χ0v) is 78.3. The van der Waals surface area contributed by atoms with E-state index in [1.54, 1.807) is 133 Å². The number of benzene rings is 15. The first-order chi connectivity index (χ1) is 71.3. The highest BCUT2D eigenvalue weighted by Gasteiger charge is 2.28. The molecule has 0 radical (unpaired) electrons. The van der Waals surface area contributed by atoms with Crippen LogP contribution in [-0.2, 0) is 27.0 Å². The minimum absolute atomic E-state index is 0.0388. The second-order valence-corrected chi connectivity index (χ2v) is 33.3. The van der Waals surface area contributed by atoms with Gasteiger partial charge in [0.25, 0.3) is 0 Å². The molecule has 0 bridgehead atoms. The van der Waals surface area contributed by atoms with Gasteiger partial charge in [0.15, 0.2) is 5.43 Å². The molecule has 21 rings (SSSR count). The maximum absolute atomic E-state index is 12.5. The van der Waals surface area contributed by atoms with Crippen LogP contribution < -0.4 is 47.3 Å². The van der Waals surface area contributed by atoms with Crippen LogP contribution in [0.2, 0.25) is 0 Å². The Hall–Kier alpha value is -20.6. The van der Waals surface area contributed by atoms with Gasteiger partial charge in [-0.2, -0.15) is 10.2 Å². The van der Waals surface area contributed by atoms with E-state index in [0.717, 1.165) is 72.0 Å². The van der Waals surface area contributed by atoms with Gasteiger partial charge >= 0.3 is 71.8 Å². The van der Waals surface area contributed by atoms with Crippen molar-refractivity contribution in [3.8, 4) is 62.9 Å². The SMILES string of the molecule is COc1ccc2cc(C(=O)O)c(=O)oc2c1.Cc1c(C(=O)O)c(=O)oc2cc(O)ccc12.O=C(O)CCc1ccc(O)cc1.O=C(O)Cc1cc(=O)oc2cc(O)ccc12.O=C(O)c1cc2ccc(O)cc2oc1=O.O=C(O)c1ccccc1-c1c2ccc3cc(O)ccc3c2oc2c1ccc1cc(=O)ccc12.O=P(O)(Oc1ccc(N=Nc2ccccc2)cc1)Oc1cccc2ccccc12.O=c1cc(O)c2ccccc2o1. The molecule has 0 fully saturated rings. The number of rotatable bonds is 17. The van der Waals surface area contributed by atoms with Crippen LogP contribution in [0.3, 0.4) is 0 Å². The van der Waals surface area contributed by atoms with Crippen molar-refractivity contribution in [2.45, 2.75) is 26.2 Å². The molecule has 37 nitrogen and oxygen atoms in total. The molecule has 15 aromatic carbocycles. The lowest BCUT2D eigenvalue weighted by Gasteiger charge is -2.16. The summed E-state index contributed by atoms with van der Waals surface area (Å²) >= 11 is 0. The normalized spacial score (nSPS) is 11.2. The molecule has 0 aliphatic carbocycles. The average molecular weight is 2030 g/mol. The summed E-state index contributed by atoms with van der Waals surface area (Å²) < 4.78 is 58.5. The molecule has 1 atom stereocenters. The molecular weight excluding hydrogens is 1950 g/mol. The molecule has 0 saturated heterocycles. The minimum Gasteiger partial charge on any atom is -0.508 e. The predicted molar refractivity (Wildman–Crippen MR) is 548 cm³/mol. The molecule has 0 aliphatic heterocycles. The van der Waals surface area contributed by atoms with Gasteiger partial charge in [0.1, 0.15) is 108 Å². The van der Waals surface area contributed by atoms with Gasteiger partial charge in [0.05, 0.1) is 41.9 Å². The summed E-state index contributed by atoms with van der Waals surface area (Å²) in [6, 6.07) is 88.0. The quantitative estimate of drug-likeness (QED) is 0.0132. The largest absolute Gasteiger partial charge is 0.584 e. The van der Waals surface area contributed by atoms with Gasteiger partial charge < -0.3 is 102 Å². The molecule has 38 heteroatoms. The van der Waals surface area contributed by atoms with Gasteiger partial charge in [0.2, 0.25) is 0 Å². The predicted octanol–water partition coefficient (Wildman–Crippen LogP) is 21.4. The summed E-state index contributed by atoms with van der Waals surface area (Å²) in [7, 11) is -2.88. The zero-order chi connectivity index (χ0) is 107. The van der Waals surface area contributed by atoms with E-state index >= 15 is 0 Å². The third kappa shape index (κ3) is 26.2. The summed E-state index contributed by atoms with van der Waals surface area (Å²) in [5.41, 5.74) is 1.67. The van der Waals surface area contributed by atoms with Crippen LogP contribution in [0.25, 0.3) is 120 Å². The Morgan fingerprint density at radius 1 is 0.342 bits per heavy atom. The van der Waals surface area contributed by atoms with Crippen molar-refractivity contribution < 1.29 is 140 Å². The highest BCUT2D eigenvalue weighted by atomic mass is 31.2. The topological polar surface area (TPSA) is 616 Å². The number of para-hydroxylation sites is 1. The molecule has 21 aromatic rings. The summed E-state index contributed by atoms with van der Waals surface area (Å²) in [6.45, 7) is 1.53. The number of carbonyl (C=O) groups is 6. The molecule has 0 aliphatic rings. The van der Waals surface area contributed by atoms with E-state index in [9.17, 15) is 92.5 Å². The van der Waals surface area contributed by atoms with Crippen molar-refractivity contribution in [1.82, 2.24) is 0 Å². The van der Waals surface area contributed by atoms with E-state index < -0.39 is 77.3 Å². The maximum atomic E-state index is 12.5. The number of azo groups is 1. The van der Waals surface area contributed by atoms with Gasteiger partial charge in [-0.25, -0.2) is 47.7 Å². The van der Waals surface area contributed by atoms with Gasteiger partial charge in [-0.1, -0.05) is 109 Å². The smallest absolute Gasteiger partial charge is 0.508 e. The van der Waals surface area contributed by atoms with Crippen molar-refractivity contribution in [3.05, 3.63) is 429 Å². The number of phosphoric ester groups is 1. The van der Waals surface area contributed by atoms with E-state index in [2.05, 4.69) is 10.2 Å². The van der Waals surface area contributed by atoms with Crippen molar-refractivity contribution in [2.75, 3.05) is 7.11 Å². The lowest BCUT2D eigenvalue weighted by Crippen LogP contribution is -2.15. The Bertz CT molecular complexity index is 9250. The first kappa shape index (κ1) is 104. The van der Waals surface area contributed by atoms with Gasteiger partial charge in [-0.05, 0) is 234 Å². The molecule has 6 heterocycles. The van der Waals surface area contributed by atoms with E-state index in [-0.39, 0.29) is 97.7 Å². The third-order valence-electron chi connectivity index (χ3n) is 22.0. The highest BCUT2D eigenvalue weighted by molar-refractivity contribution is 7.48. The number of carboxylic acid groups (broad SMARTS) is 6. The molecule has 0 amide bonds. The number of hydrogen-bond donors (Lipinski definition) is 13. The van der Waals surface area contributed by atoms with Crippen LogP contribution in [-0.4, -0.2) is 109 Å². The average Bonchev–Trinajstić information content (AvgIpc) is 0.722. The van der Waals surface area contributed by atoms with Gasteiger partial charge in [-0.3, -0.25) is 19.3 Å². The van der Waals surface area contributed by atoms with Crippen LogP contribution in [0.15, 0.2) is 393 Å². The van der Waals surface area contributed by atoms with Crippen molar-refractivity contribution in [1.29, 1.82) is 0 Å². The molecule has 149 heavy (non-hydrogen) atoms. The lowest BCUT2D eigenvalue weighted by molar-refractivity contribution is -0.137.